The summed E-state index contributed by atoms with van der Waals surface area (Å²) < 4.78 is 37.5. The minimum atomic E-state index is -4.46. The Hall–Kier alpha value is -2.23. The molecule has 0 unspecified atom stereocenters. The summed E-state index contributed by atoms with van der Waals surface area (Å²) in [5.41, 5.74) is -1.55. The second-order valence-electron chi connectivity index (χ2n) is 4.88. The fourth-order valence-corrected chi connectivity index (χ4v) is 1.29. The minimum Gasteiger partial charge on any atom is -0.336 e. The molecule has 0 heterocycles. The molecule has 0 atom stereocenters. The highest BCUT2D eigenvalue weighted by atomic mass is 19.4. The van der Waals surface area contributed by atoms with E-state index in [0.717, 1.165) is 12.1 Å². The molecule has 1 aromatic carbocycles. The summed E-state index contributed by atoms with van der Waals surface area (Å²) in [5, 5.41) is 13.5. The number of rotatable bonds is 3. The zero-order chi connectivity index (χ0) is 15.4. The highest BCUT2D eigenvalue weighted by molar-refractivity contribution is 5.89. The molecule has 7 heteroatoms. The summed E-state index contributed by atoms with van der Waals surface area (Å²) in [7, 11) is 0. The summed E-state index contributed by atoms with van der Waals surface area (Å²) in [6, 6.07) is 5.66. The number of carbonyl (C=O) groups excluding carboxylic acids is 1. The van der Waals surface area contributed by atoms with Crippen LogP contribution in [-0.4, -0.2) is 12.6 Å². The number of nitriles is 1. The summed E-state index contributed by atoms with van der Waals surface area (Å²) in [6.07, 6.45) is -4.46. The molecule has 0 saturated carbocycles. The van der Waals surface area contributed by atoms with Gasteiger partial charge in [0.15, 0.2) is 0 Å². The molecule has 0 saturated heterocycles. The van der Waals surface area contributed by atoms with Crippen molar-refractivity contribution in [2.75, 3.05) is 11.9 Å². The Kier molecular flexibility index (Phi) is 4.61. The van der Waals surface area contributed by atoms with E-state index in [-0.39, 0.29) is 12.2 Å². The Morgan fingerprint density at radius 2 is 2.00 bits per heavy atom. The van der Waals surface area contributed by atoms with Gasteiger partial charge in [0.1, 0.15) is 0 Å². The van der Waals surface area contributed by atoms with Crippen LogP contribution < -0.4 is 10.6 Å². The number of nitrogens with one attached hydrogen (secondary N) is 2. The zero-order valence-electron chi connectivity index (χ0n) is 11.0. The third kappa shape index (κ3) is 4.80. The van der Waals surface area contributed by atoms with Gasteiger partial charge in [-0.25, -0.2) is 4.79 Å². The molecule has 0 aliphatic heterocycles. The first-order valence-electron chi connectivity index (χ1n) is 5.77. The maximum absolute atomic E-state index is 12.5. The van der Waals surface area contributed by atoms with Crippen molar-refractivity contribution in [1.29, 1.82) is 5.26 Å². The van der Waals surface area contributed by atoms with E-state index in [1.54, 1.807) is 13.8 Å². The summed E-state index contributed by atoms with van der Waals surface area (Å²) in [5.74, 6) is 0. The molecule has 0 fully saturated rings. The highest BCUT2D eigenvalue weighted by Gasteiger charge is 2.30. The minimum absolute atomic E-state index is 0.0343. The second-order valence-corrected chi connectivity index (χ2v) is 4.88. The third-order valence-corrected chi connectivity index (χ3v) is 2.44. The largest absolute Gasteiger partial charge is 0.416 e. The van der Waals surface area contributed by atoms with Gasteiger partial charge >= 0.3 is 12.2 Å². The number of anilines is 1. The van der Waals surface area contributed by atoms with Crippen molar-refractivity contribution >= 4 is 11.7 Å². The topological polar surface area (TPSA) is 64.9 Å². The molecule has 0 bridgehead atoms. The van der Waals surface area contributed by atoms with Gasteiger partial charge in [0.2, 0.25) is 0 Å². The van der Waals surface area contributed by atoms with Gasteiger partial charge in [-0.15, -0.1) is 0 Å². The van der Waals surface area contributed by atoms with Crippen LogP contribution in [0, 0.1) is 16.7 Å². The van der Waals surface area contributed by atoms with E-state index in [2.05, 4.69) is 10.6 Å². The lowest BCUT2D eigenvalue weighted by Crippen LogP contribution is -2.36. The van der Waals surface area contributed by atoms with Crippen LogP contribution in [0.4, 0.5) is 23.7 Å². The summed E-state index contributed by atoms with van der Waals surface area (Å²) in [4.78, 5) is 11.5. The van der Waals surface area contributed by atoms with Crippen molar-refractivity contribution in [3.63, 3.8) is 0 Å². The van der Waals surface area contributed by atoms with Crippen LogP contribution in [0.5, 0.6) is 0 Å². The number of hydrogen-bond donors (Lipinski definition) is 2. The SMILES string of the molecule is CC(C)(C#N)CNC(=O)Nc1cccc(C(F)(F)F)c1. The van der Waals surface area contributed by atoms with E-state index in [4.69, 9.17) is 5.26 Å². The van der Waals surface area contributed by atoms with Gasteiger partial charge in [0.25, 0.3) is 0 Å². The first kappa shape index (κ1) is 15.8. The van der Waals surface area contributed by atoms with Gasteiger partial charge in [-0.3, -0.25) is 0 Å². The Morgan fingerprint density at radius 1 is 1.35 bits per heavy atom. The number of urea groups is 1. The zero-order valence-corrected chi connectivity index (χ0v) is 11.0. The number of alkyl halides is 3. The molecule has 0 spiro atoms. The molecule has 0 aliphatic rings. The van der Waals surface area contributed by atoms with Crippen LogP contribution in [-0.2, 0) is 6.18 Å². The first-order valence-corrected chi connectivity index (χ1v) is 5.77. The number of halogens is 3. The number of nitrogens with zero attached hydrogens (tertiary/aromatic N) is 1. The van der Waals surface area contributed by atoms with Crippen LogP contribution in [0.25, 0.3) is 0 Å². The van der Waals surface area contributed by atoms with Crippen LogP contribution in [0.1, 0.15) is 19.4 Å². The van der Waals surface area contributed by atoms with Crippen molar-refractivity contribution in [3.05, 3.63) is 29.8 Å². The predicted molar refractivity (Wildman–Crippen MR) is 67.9 cm³/mol. The monoisotopic (exact) mass is 285 g/mol. The van der Waals surface area contributed by atoms with E-state index in [1.165, 1.54) is 12.1 Å². The van der Waals surface area contributed by atoms with E-state index < -0.39 is 23.2 Å². The molecule has 2 N–H and O–H groups in total. The number of benzene rings is 1. The van der Waals surface area contributed by atoms with Crippen molar-refractivity contribution in [1.82, 2.24) is 5.32 Å². The van der Waals surface area contributed by atoms with Gasteiger partial charge in [-0.2, -0.15) is 18.4 Å². The van der Waals surface area contributed by atoms with Gasteiger partial charge in [-0.1, -0.05) is 6.07 Å². The van der Waals surface area contributed by atoms with Crippen LogP contribution in [0.15, 0.2) is 24.3 Å². The Bertz CT molecular complexity index is 532. The van der Waals surface area contributed by atoms with Crippen molar-refractivity contribution in [2.45, 2.75) is 20.0 Å². The standard InChI is InChI=1S/C13H14F3N3O/c1-12(2,7-17)8-18-11(20)19-10-5-3-4-9(6-10)13(14,15)16/h3-6H,8H2,1-2H3,(H2,18,19,20). The molecular formula is C13H14F3N3O. The van der Waals surface area contributed by atoms with E-state index >= 15 is 0 Å². The molecular weight excluding hydrogens is 271 g/mol. The van der Waals surface area contributed by atoms with Gasteiger partial charge in [0, 0.05) is 12.2 Å². The van der Waals surface area contributed by atoms with E-state index in [0.29, 0.717) is 0 Å². The quantitative estimate of drug-likeness (QED) is 0.894. The second kappa shape index (κ2) is 5.82. The maximum Gasteiger partial charge on any atom is 0.416 e. The van der Waals surface area contributed by atoms with Crippen LogP contribution in [0.3, 0.4) is 0 Å². The molecule has 2 amide bonds. The number of carbonyl (C=O) groups is 1. The predicted octanol–water partition coefficient (Wildman–Crippen LogP) is 3.38. The van der Waals surface area contributed by atoms with Gasteiger partial charge in [-0.05, 0) is 32.0 Å². The number of hydrogen-bond acceptors (Lipinski definition) is 2. The van der Waals surface area contributed by atoms with E-state index in [1.807, 2.05) is 6.07 Å². The average molecular weight is 285 g/mol. The van der Waals surface area contributed by atoms with Gasteiger partial charge in [0.05, 0.1) is 17.0 Å². The van der Waals surface area contributed by atoms with Gasteiger partial charge < -0.3 is 10.6 Å². The third-order valence-electron chi connectivity index (χ3n) is 2.44. The summed E-state index contributed by atoms with van der Waals surface area (Å²) >= 11 is 0. The molecule has 4 nitrogen and oxygen atoms in total. The van der Waals surface area contributed by atoms with Crippen molar-refractivity contribution in [3.8, 4) is 6.07 Å². The lowest BCUT2D eigenvalue weighted by molar-refractivity contribution is -0.137. The summed E-state index contributed by atoms with van der Waals surface area (Å²) in [6.45, 7) is 3.36. The molecule has 1 aromatic rings. The number of amides is 2. The molecule has 1 rings (SSSR count). The molecule has 0 aromatic heterocycles. The van der Waals surface area contributed by atoms with Crippen molar-refractivity contribution < 1.29 is 18.0 Å². The van der Waals surface area contributed by atoms with Crippen LogP contribution in [0.2, 0.25) is 0 Å². The lowest BCUT2D eigenvalue weighted by atomic mass is 9.96. The molecule has 20 heavy (non-hydrogen) atoms. The van der Waals surface area contributed by atoms with Crippen LogP contribution >= 0.6 is 0 Å². The molecule has 0 aliphatic carbocycles. The smallest absolute Gasteiger partial charge is 0.336 e. The highest BCUT2D eigenvalue weighted by Crippen LogP contribution is 2.30. The van der Waals surface area contributed by atoms with Crippen molar-refractivity contribution in [2.24, 2.45) is 5.41 Å². The maximum atomic E-state index is 12.5. The lowest BCUT2D eigenvalue weighted by Gasteiger charge is -2.16. The fraction of sp³-hybridized carbons (Fsp3) is 0.385. The fourth-order valence-electron chi connectivity index (χ4n) is 1.29. The first-order chi connectivity index (χ1) is 9.14. The normalized spacial score (nSPS) is 11.6. The Balaban J connectivity index is 2.66. The molecule has 108 valence electrons. The average Bonchev–Trinajstić information content (AvgIpc) is 2.36. The Morgan fingerprint density at radius 3 is 2.55 bits per heavy atom. The van der Waals surface area contributed by atoms with E-state index in [9.17, 15) is 18.0 Å². The molecule has 0 radical (unpaired) electrons. The Labute approximate surface area is 114 Å².